The third-order valence-electron chi connectivity index (χ3n) is 5.15. The number of esters is 1. The molecule has 1 aliphatic carbocycles. The maximum Gasteiger partial charge on any atom is 0.329 e. The summed E-state index contributed by atoms with van der Waals surface area (Å²) in [6.45, 7) is 8.25. The molecule has 0 N–H and O–H groups in total. The van der Waals surface area contributed by atoms with Crippen molar-refractivity contribution in [2.24, 2.45) is 17.8 Å². The second-order valence-corrected chi connectivity index (χ2v) is 7.27. The molecule has 5 heteroatoms. The summed E-state index contributed by atoms with van der Waals surface area (Å²) in [6, 6.07) is 2.62. The van der Waals surface area contributed by atoms with Crippen LogP contribution in [0, 0.1) is 17.8 Å². The number of hydrogen-bond acceptors (Lipinski definition) is 4. The summed E-state index contributed by atoms with van der Waals surface area (Å²) in [5.41, 5.74) is -0.318. The van der Waals surface area contributed by atoms with Gasteiger partial charge in [-0.1, -0.05) is 27.2 Å². The Morgan fingerprint density at radius 1 is 1.29 bits per heavy atom. The number of hydrogen-bond donors (Lipinski definition) is 0. The van der Waals surface area contributed by atoms with E-state index in [0.29, 0.717) is 17.8 Å². The first kappa shape index (κ1) is 18.6. The van der Waals surface area contributed by atoms with Gasteiger partial charge in [-0.3, -0.25) is 9.36 Å². The molecule has 1 heterocycles. The Morgan fingerprint density at radius 3 is 2.62 bits per heavy atom. The monoisotopic (exact) mass is 335 g/mol. The number of carbonyl (C=O) groups is 1. The van der Waals surface area contributed by atoms with Crippen LogP contribution in [0.15, 0.2) is 23.1 Å². The molecule has 4 atom stereocenters. The van der Waals surface area contributed by atoms with E-state index in [-0.39, 0.29) is 23.4 Å². The molecule has 134 valence electrons. The van der Waals surface area contributed by atoms with Gasteiger partial charge in [-0.15, -0.1) is 0 Å². The molecule has 1 saturated carbocycles. The molecular weight excluding hydrogens is 306 g/mol. The molecule has 0 aliphatic heterocycles. The van der Waals surface area contributed by atoms with Gasteiger partial charge >= 0.3 is 5.97 Å². The number of pyridine rings is 1. The van der Waals surface area contributed by atoms with E-state index in [1.54, 1.807) is 25.3 Å². The van der Waals surface area contributed by atoms with Crippen LogP contribution in [0.4, 0.5) is 0 Å². The number of aromatic nitrogens is 1. The van der Waals surface area contributed by atoms with Crippen LogP contribution in [0.5, 0.6) is 5.75 Å². The van der Waals surface area contributed by atoms with Crippen molar-refractivity contribution in [1.29, 1.82) is 0 Å². The molecule has 0 radical (unpaired) electrons. The lowest BCUT2D eigenvalue weighted by Gasteiger charge is -2.37. The first-order valence-corrected chi connectivity index (χ1v) is 8.80. The largest absolute Gasteiger partial charge is 0.491 e. The van der Waals surface area contributed by atoms with Crippen LogP contribution < -0.4 is 10.3 Å². The Morgan fingerprint density at radius 2 is 2.00 bits per heavy atom. The standard InChI is InChI=1S/C19H29NO4/c1-12(2)15-9-8-13(3)11-17(15)24-19(22)14(4)20-10-6-7-16(23-5)18(20)21/h6-7,10,12-15,17H,8-9,11H2,1-5H3. The summed E-state index contributed by atoms with van der Waals surface area (Å²) in [5.74, 6) is 1.30. The lowest BCUT2D eigenvalue weighted by atomic mass is 9.75. The third kappa shape index (κ3) is 4.00. The van der Waals surface area contributed by atoms with Crippen LogP contribution in [-0.2, 0) is 9.53 Å². The van der Waals surface area contributed by atoms with Crippen molar-refractivity contribution in [3.63, 3.8) is 0 Å². The minimum absolute atomic E-state index is 0.0648. The predicted octanol–water partition coefficient (Wildman–Crippen LogP) is 3.42. The lowest BCUT2D eigenvalue weighted by Crippen LogP contribution is -2.38. The fourth-order valence-corrected chi connectivity index (χ4v) is 3.56. The summed E-state index contributed by atoms with van der Waals surface area (Å²) in [7, 11) is 1.45. The SMILES string of the molecule is COc1cccn(C(C)C(=O)OC2CC(C)CCC2C(C)C)c1=O. The van der Waals surface area contributed by atoms with Crippen molar-refractivity contribution in [2.45, 2.75) is 59.1 Å². The second-order valence-electron chi connectivity index (χ2n) is 7.27. The van der Waals surface area contributed by atoms with Gasteiger partial charge in [0.2, 0.25) is 0 Å². The molecule has 4 unspecified atom stereocenters. The van der Waals surface area contributed by atoms with E-state index in [2.05, 4.69) is 20.8 Å². The zero-order valence-electron chi connectivity index (χ0n) is 15.3. The van der Waals surface area contributed by atoms with Gasteiger partial charge in [0.1, 0.15) is 12.1 Å². The van der Waals surface area contributed by atoms with Crippen LogP contribution in [0.2, 0.25) is 0 Å². The zero-order valence-corrected chi connectivity index (χ0v) is 15.3. The van der Waals surface area contributed by atoms with Gasteiger partial charge in [-0.2, -0.15) is 0 Å². The molecule has 0 bridgehead atoms. The van der Waals surface area contributed by atoms with Crippen molar-refractivity contribution in [1.82, 2.24) is 4.57 Å². The van der Waals surface area contributed by atoms with E-state index in [1.807, 2.05) is 0 Å². The molecule has 0 spiro atoms. The average molecular weight is 335 g/mol. The zero-order chi connectivity index (χ0) is 17.9. The maximum absolute atomic E-state index is 12.6. The Labute approximate surface area is 144 Å². The van der Waals surface area contributed by atoms with E-state index in [1.165, 1.54) is 18.1 Å². The van der Waals surface area contributed by atoms with Crippen molar-refractivity contribution < 1.29 is 14.3 Å². The van der Waals surface area contributed by atoms with E-state index >= 15 is 0 Å². The number of ether oxygens (including phenoxy) is 2. The van der Waals surface area contributed by atoms with Crippen molar-refractivity contribution >= 4 is 5.97 Å². The van der Waals surface area contributed by atoms with Crippen molar-refractivity contribution in [3.8, 4) is 5.75 Å². The highest BCUT2D eigenvalue weighted by molar-refractivity contribution is 5.74. The van der Waals surface area contributed by atoms with Crippen LogP contribution in [0.1, 0.15) is 53.0 Å². The molecule has 0 saturated heterocycles. The third-order valence-corrected chi connectivity index (χ3v) is 5.15. The van der Waals surface area contributed by atoms with Crippen LogP contribution in [0.25, 0.3) is 0 Å². The Hall–Kier alpha value is -1.78. The first-order chi connectivity index (χ1) is 11.3. The summed E-state index contributed by atoms with van der Waals surface area (Å²) in [6.07, 6.45) is 4.70. The van der Waals surface area contributed by atoms with Crippen molar-refractivity contribution in [2.75, 3.05) is 7.11 Å². The minimum atomic E-state index is -0.669. The molecule has 1 aromatic heterocycles. The Balaban J connectivity index is 2.14. The minimum Gasteiger partial charge on any atom is -0.491 e. The molecule has 24 heavy (non-hydrogen) atoms. The lowest BCUT2D eigenvalue weighted by molar-refractivity contribution is -0.159. The van der Waals surface area contributed by atoms with Crippen LogP contribution in [-0.4, -0.2) is 23.8 Å². The highest BCUT2D eigenvalue weighted by Gasteiger charge is 2.34. The number of carbonyl (C=O) groups excluding carboxylic acids is 1. The summed E-state index contributed by atoms with van der Waals surface area (Å²) in [4.78, 5) is 24.9. The normalized spacial score (nSPS) is 25.3. The molecular formula is C19H29NO4. The second kappa shape index (κ2) is 7.86. The van der Waals surface area contributed by atoms with Gasteiger partial charge in [-0.25, -0.2) is 4.79 Å². The number of rotatable bonds is 5. The Kier molecular flexibility index (Phi) is 6.08. The van der Waals surface area contributed by atoms with Gasteiger partial charge in [0.15, 0.2) is 5.75 Å². The van der Waals surface area contributed by atoms with Gasteiger partial charge in [-0.05, 0) is 49.7 Å². The summed E-state index contributed by atoms with van der Waals surface area (Å²) < 4.78 is 12.3. The fourth-order valence-electron chi connectivity index (χ4n) is 3.56. The maximum atomic E-state index is 12.6. The van der Waals surface area contributed by atoms with Crippen LogP contribution in [0.3, 0.4) is 0 Å². The van der Waals surface area contributed by atoms with Gasteiger partial charge in [0.05, 0.1) is 7.11 Å². The molecule has 2 rings (SSSR count). The van der Waals surface area contributed by atoms with Crippen LogP contribution >= 0.6 is 0 Å². The van der Waals surface area contributed by atoms with Gasteiger partial charge in [0.25, 0.3) is 5.56 Å². The molecule has 0 amide bonds. The molecule has 1 aliphatic rings. The summed E-state index contributed by atoms with van der Waals surface area (Å²) >= 11 is 0. The number of nitrogens with zero attached hydrogens (tertiary/aromatic N) is 1. The molecule has 0 aromatic carbocycles. The van der Waals surface area contributed by atoms with E-state index in [9.17, 15) is 9.59 Å². The van der Waals surface area contributed by atoms with E-state index in [0.717, 1.165) is 12.8 Å². The fraction of sp³-hybridized carbons (Fsp3) is 0.684. The summed E-state index contributed by atoms with van der Waals surface area (Å²) in [5, 5.41) is 0. The molecule has 1 fully saturated rings. The topological polar surface area (TPSA) is 57.5 Å². The highest BCUT2D eigenvalue weighted by atomic mass is 16.5. The van der Waals surface area contributed by atoms with Crippen molar-refractivity contribution in [3.05, 3.63) is 28.7 Å². The first-order valence-electron chi connectivity index (χ1n) is 8.80. The smallest absolute Gasteiger partial charge is 0.329 e. The Bertz CT molecular complexity index is 622. The van der Waals surface area contributed by atoms with Gasteiger partial charge in [0, 0.05) is 6.20 Å². The van der Waals surface area contributed by atoms with Gasteiger partial charge < -0.3 is 9.47 Å². The van der Waals surface area contributed by atoms with E-state index < -0.39 is 6.04 Å². The number of methoxy groups -OCH3 is 1. The average Bonchev–Trinajstić information content (AvgIpc) is 2.54. The molecule has 1 aromatic rings. The predicted molar refractivity (Wildman–Crippen MR) is 93.2 cm³/mol. The quantitative estimate of drug-likeness (QED) is 0.774. The van der Waals surface area contributed by atoms with E-state index in [4.69, 9.17) is 9.47 Å². The highest BCUT2D eigenvalue weighted by Crippen LogP contribution is 2.35. The molecule has 5 nitrogen and oxygen atoms in total.